The quantitative estimate of drug-likeness (QED) is 0.753. The summed E-state index contributed by atoms with van der Waals surface area (Å²) in [4.78, 5) is 30.8. The minimum absolute atomic E-state index is 0.0119. The minimum Gasteiger partial charge on any atom is -0.497 e. The number of nitrogens with zero attached hydrogens (tertiary/aromatic N) is 3. The van der Waals surface area contributed by atoms with Gasteiger partial charge in [0, 0.05) is 44.7 Å². The Morgan fingerprint density at radius 1 is 1.00 bits per heavy atom. The molecule has 1 aromatic rings. The molecule has 1 aromatic carbocycles. The molecule has 0 N–H and O–H groups in total. The Kier molecular flexibility index (Phi) is 7.25. The van der Waals surface area contributed by atoms with E-state index in [0.29, 0.717) is 38.2 Å². The van der Waals surface area contributed by atoms with Gasteiger partial charge in [-0.2, -0.15) is 0 Å². The average Bonchev–Trinajstić information content (AvgIpc) is 2.68. The lowest BCUT2D eigenvalue weighted by Crippen LogP contribution is -2.51. The molecule has 1 heterocycles. The van der Waals surface area contributed by atoms with Crippen molar-refractivity contribution in [3.05, 3.63) is 29.8 Å². The Morgan fingerprint density at radius 2 is 1.56 bits per heavy atom. The number of carbonyl (C=O) groups is 2. The second kappa shape index (κ2) is 9.42. The highest BCUT2D eigenvalue weighted by Crippen LogP contribution is 2.14. The third-order valence-corrected chi connectivity index (χ3v) is 4.79. The number of piperazine rings is 1. The summed E-state index contributed by atoms with van der Waals surface area (Å²) >= 11 is 0. The summed E-state index contributed by atoms with van der Waals surface area (Å²) in [7, 11) is 1.60. The van der Waals surface area contributed by atoms with E-state index in [0.717, 1.165) is 25.4 Å². The fraction of sp³-hybridized carbons (Fsp3) is 0.579. The van der Waals surface area contributed by atoms with E-state index in [1.807, 2.05) is 9.80 Å². The van der Waals surface area contributed by atoms with E-state index < -0.39 is 0 Å². The maximum Gasteiger partial charge on any atom is 0.253 e. The van der Waals surface area contributed by atoms with Crippen molar-refractivity contribution in [2.24, 2.45) is 0 Å². The van der Waals surface area contributed by atoms with Crippen molar-refractivity contribution < 1.29 is 14.3 Å². The van der Waals surface area contributed by atoms with Gasteiger partial charge in [-0.15, -0.1) is 0 Å². The third kappa shape index (κ3) is 5.19. The Morgan fingerprint density at radius 3 is 2.08 bits per heavy atom. The summed E-state index contributed by atoms with van der Waals surface area (Å²) in [5.41, 5.74) is 0.655. The van der Waals surface area contributed by atoms with E-state index in [1.54, 1.807) is 31.4 Å². The Bertz CT molecular complexity index is 562. The molecule has 2 amide bonds. The summed E-state index contributed by atoms with van der Waals surface area (Å²) < 4.78 is 5.12. The molecule has 1 aliphatic rings. The van der Waals surface area contributed by atoms with E-state index in [9.17, 15) is 9.59 Å². The lowest BCUT2D eigenvalue weighted by molar-refractivity contribution is -0.133. The standard InChI is InChI=1S/C19H29N3O3/c1-4-20(5-2)11-10-18(23)21-12-14-22(15-13-21)19(24)16-6-8-17(25-3)9-7-16/h6-9H,4-5,10-15H2,1-3H3. The topological polar surface area (TPSA) is 53.1 Å². The Hall–Kier alpha value is -2.08. The number of rotatable bonds is 7. The first kappa shape index (κ1) is 19.2. The zero-order valence-corrected chi connectivity index (χ0v) is 15.5. The van der Waals surface area contributed by atoms with Crippen LogP contribution in [0.1, 0.15) is 30.6 Å². The Balaban J connectivity index is 1.82. The zero-order valence-electron chi connectivity index (χ0n) is 15.5. The number of methoxy groups -OCH3 is 1. The number of hydrogen-bond acceptors (Lipinski definition) is 4. The molecular weight excluding hydrogens is 318 g/mol. The van der Waals surface area contributed by atoms with Crippen LogP contribution < -0.4 is 4.74 Å². The maximum atomic E-state index is 12.5. The van der Waals surface area contributed by atoms with Gasteiger partial charge in [-0.1, -0.05) is 13.8 Å². The Labute approximate surface area is 150 Å². The van der Waals surface area contributed by atoms with Crippen LogP contribution in [0.2, 0.25) is 0 Å². The molecule has 0 aliphatic carbocycles. The van der Waals surface area contributed by atoms with Crippen LogP contribution in [0.5, 0.6) is 5.75 Å². The van der Waals surface area contributed by atoms with Gasteiger partial charge in [0.15, 0.2) is 0 Å². The van der Waals surface area contributed by atoms with Crippen LogP contribution in [0, 0.1) is 0 Å². The van der Waals surface area contributed by atoms with E-state index in [-0.39, 0.29) is 11.8 Å². The first-order valence-corrected chi connectivity index (χ1v) is 9.02. The summed E-state index contributed by atoms with van der Waals surface area (Å²) in [5.74, 6) is 0.932. The minimum atomic E-state index is 0.0119. The highest BCUT2D eigenvalue weighted by atomic mass is 16.5. The molecule has 6 nitrogen and oxygen atoms in total. The van der Waals surface area contributed by atoms with Gasteiger partial charge in [0.05, 0.1) is 7.11 Å². The lowest BCUT2D eigenvalue weighted by atomic mass is 10.1. The normalized spacial score (nSPS) is 14.7. The average molecular weight is 347 g/mol. The van der Waals surface area contributed by atoms with Gasteiger partial charge < -0.3 is 19.4 Å². The monoisotopic (exact) mass is 347 g/mol. The zero-order chi connectivity index (χ0) is 18.2. The highest BCUT2D eigenvalue weighted by molar-refractivity contribution is 5.94. The summed E-state index contributed by atoms with van der Waals surface area (Å²) in [6, 6.07) is 7.14. The fourth-order valence-corrected chi connectivity index (χ4v) is 3.03. The number of carbonyl (C=O) groups excluding carboxylic acids is 2. The molecule has 138 valence electrons. The maximum absolute atomic E-state index is 12.5. The van der Waals surface area contributed by atoms with Gasteiger partial charge >= 0.3 is 0 Å². The van der Waals surface area contributed by atoms with Crippen LogP contribution in [0.3, 0.4) is 0 Å². The number of hydrogen-bond donors (Lipinski definition) is 0. The van der Waals surface area contributed by atoms with Gasteiger partial charge in [-0.3, -0.25) is 9.59 Å². The van der Waals surface area contributed by atoms with Gasteiger partial charge in [0.2, 0.25) is 5.91 Å². The second-order valence-electron chi connectivity index (χ2n) is 6.18. The van der Waals surface area contributed by atoms with Gasteiger partial charge in [-0.25, -0.2) is 0 Å². The molecule has 1 saturated heterocycles. The van der Waals surface area contributed by atoms with E-state index >= 15 is 0 Å². The summed E-state index contributed by atoms with van der Waals surface area (Å²) in [6.45, 7) is 9.34. The molecule has 1 aliphatic heterocycles. The van der Waals surface area contributed by atoms with Crippen molar-refractivity contribution in [1.82, 2.24) is 14.7 Å². The van der Waals surface area contributed by atoms with Crippen molar-refractivity contribution >= 4 is 11.8 Å². The summed E-state index contributed by atoms with van der Waals surface area (Å²) in [5, 5.41) is 0. The first-order valence-electron chi connectivity index (χ1n) is 9.02. The van der Waals surface area contributed by atoms with E-state index in [2.05, 4.69) is 18.7 Å². The van der Waals surface area contributed by atoms with Gasteiger partial charge in [0.1, 0.15) is 5.75 Å². The smallest absolute Gasteiger partial charge is 0.253 e. The third-order valence-electron chi connectivity index (χ3n) is 4.79. The molecule has 2 rings (SSSR count). The molecular formula is C19H29N3O3. The van der Waals surface area contributed by atoms with Crippen LogP contribution in [0.15, 0.2) is 24.3 Å². The van der Waals surface area contributed by atoms with Crippen LogP contribution >= 0.6 is 0 Å². The van der Waals surface area contributed by atoms with Crippen molar-refractivity contribution in [2.75, 3.05) is 52.9 Å². The molecule has 0 radical (unpaired) electrons. The van der Waals surface area contributed by atoms with Gasteiger partial charge in [0.25, 0.3) is 5.91 Å². The number of amides is 2. The highest BCUT2D eigenvalue weighted by Gasteiger charge is 2.24. The molecule has 0 aromatic heterocycles. The lowest BCUT2D eigenvalue weighted by Gasteiger charge is -2.35. The molecule has 0 bridgehead atoms. The van der Waals surface area contributed by atoms with Crippen LogP contribution in [0.4, 0.5) is 0 Å². The number of ether oxygens (including phenoxy) is 1. The molecule has 25 heavy (non-hydrogen) atoms. The predicted molar refractivity (Wildman–Crippen MR) is 97.9 cm³/mol. The van der Waals surface area contributed by atoms with Crippen molar-refractivity contribution in [3.63, 3.8) is 0 Å². The van der Waals surface area contributed by atoms with Crippen molar-refractivity contribution in [1.29, 1.82) is 0 Å². The van der Waals surface area contributed by atoms with E-state index in [4.69, 9.17) is 4.74 Å². The molecule has 6 heteroatoms. The molecule has 0 saturated carbocycles. The molecule has 0 atom stereocenters. The summed E-state index contributed by atoms with van der Waals surface area (Å²) in [6.07, 6.45) is 0.550. The molecule has 1 fully saturated rings. The fourth-order valence-electron chi connectivity index (χ4n) is 3.03. The van der Waals surface area contributed by atoms with Gasteiger partial charge in [-0.05, 0) is 37.4 Å². The van der Waals surface area contributed by atoms with Crippen LogP contribution in [-0.4, -0.2) is 79.4 Å². The van der Waals surface area contributed by atoms with Crippen LogP contribution in [0.25, 0.3) is 0 Å². The van der Waals surface area contributed by atoms with Crippen molar-refractivity contribution in [3.8, 4) is 5.75 Å². The molecule has 0 spiro atoms. The van der Waals surface area contributed by atoms with E-state index in [1.165, 1.54) is 0 Å². The molecule has 0 unspecified atom stereocenters. The SMILES string of the molecule is CCN(CC)CCC(=O)N1CCN(C(=O)c2ccc(OC)cc2)CC1. The predicted octanol–water partition coefficient (Wildman–Crippen LogP) is 1.71. The van der Waals surface area contributed by atoms with Crippen molar-refractivity contribution in [2.45, 2.75) is 20.3 Å². The number of benzene rings is 1. The first-order chi connectivity index (χ1) is 12.1. The largest absolute Gasteiger partial charge is 0.497 e. The van der Waals surface area contributed by atoms with Crippen LogP contribution in [-0.2, 0) is 4.79 Å². The second-order valence-corrected chi connectivity index (χ2v) is 6.18.